The summed E-state index contributed by atoms with van der Waals surface area (Å²) in [5, 5.41) is 11.7. The van der Waals surface area contributed by atoms with Crippen LogP contribution < -0.4 is 5.32 Å². The summed E-state index contributed by atoms with van der Waals surface area (Å²) in [6, 6.07) is 0. The number of rotatable bonds is 5. The van der Waals surface area contributed by atoms with Gasteiger partial charge in [0.1, 0.15) is 0 Å². The zero-order valence-electron chi connectivity index (χ0n) is 11.4. The van der Waals surface area contributed by atoms with Crippen molar-refractivity contribution < 1.29 is 9.90 Å². The maximum Gasteiger partial charge on any atom is 0.223 e. The third kappa shape index (κ3) is 3.71. The fourth-order valence-electron chi connectivity index (χ4n) is 3.70. The van der Waals surface area contributed by atoms with Gasteiger partial charge in [-0.15, -0.1) is 0 Å². The van der Waals surface area contributed by atoms with Gasteiger partial charge in [-0.3, -0.25) is 4.79 Å². The van der Waals surface area contributed by atoms with Crippen molar-refractivity contribution in [3.63, 3.8) is 0 Å². The molecule has 0 aromatic carbocycles. The van der Waals surface area contributed by atoms with E-state index in [0.29, 0.717) is 0 Å². The normalized spacial score (nSPS) is 31.7. The molecular weight excluding hydrogens is 226 g/mol. The molecule has 0 saturated heterocycles. The van der Waals surface area contributed by atoms with Gasteiger partial charge in [-0.25, -0.2) is 0 Å². The van der Waals surface area contributed by atoms with Crippen LogP contribution in [0.15, 0.2) is 0 Å². The van der Waals surface area contributed by atoms with E-state index in [2.05, 4.69) is 5.32 Å². The molecule has 2 aliphatic carbocycles. The average molecular weight is 253 g/mol. The van der Waals surface area contributed by atoms with Crippen LogP contribution in [-0.2, 0) is 4.79 Å². The largest absolute Gasteiger partial charge is 0.396 e. The maximum atomic E-state index is 12.1. The highest BCUT2D eigenvalue weighted by molar-refractivity contribution is 5.78. The predicted octanol–water partition coefficient (Wildman–Crippen LogP) is 2.48. The lowest BCUT2D eigenvalue weighted by molar-refractivity contribution is -0.127. The highest BCUT2D eigenvalue weighted by Crippen LogP contribution is 2.42. The number of aliphatic hydroxyl groups excluding tert-OH is 1. The van der Waals surface area contributed by atoms with Crippen LogP contribution in [-0.4, -0.2) is 24.2 Å². The van der Waals surface area contributed by atoms with E-state index in [-0.39, 0.29) is 18.4 Å². The summed E-state index contributed by atoms with van der Waals surface area (Å²) in [6.45, 7) is 0.951. The van der Waals surface area contributed by atoms with Gasteiger partial charge in [0.15, 0.2) is 0 Å². The monoisotopic (exact) mass is 253 g/mol. The Bertz CT molecular complexity index is 267. The molecule has 0 radical (unpaired) electrons. The average Bonchev–Trinajstić information content (AvgIpc) is 2.43. The molecule has 3 atom stereocenters. The smallest absolute Gasteiger partial charge is 0.223 e. The van der Waals surface area contributed by atoms with E-state index in [0.717, 1.165) is 44.1 Å². The van der Waals surface area contributed by atoms with Gasteiger partial charge in [0.2, 0.25) is 5.91 Å². The Hall–Kier alpha value is -0.570. The minimum absolute atomic E-state index is 0.225. The molecular formula is C15H27NO2. The minimum Gasteiger partial charge on any atom is -0.396 e. The van der Waals surface area contributed by atoms with Gasteiger partial charge in [-0.2, -0.15) is 0 Å². The van der Waals surface area contributed by atoms with E-state index in [1.807, 2.05) is 0 Å². The van der Waals surface area contributed by atoms with Crippen molar-refractivity contribution in [1.82, 2.24) is 5.32 Å². The summed E-state index contributed by atoms with van der Waals surface area (Å²) in [5.74, 6) is 2.26. The van der Waals surface area contributed by atoms with Gasteiger partial charge in [-0.05, 0) is 43.9 Å². The number of fused-ring (bicyclic) bond motifs is 1. The summed E-state index contributed by atoms with van der Waals surface area (Å²) in [6.07, 6.45) is 10.7. The van der Waals surface area contributed by atoms with E-state index in [1.54, 1.807) is 0 Å². The third-order valence-electron chi connectivity index (χ3n) is 4.79. The highest BCUT2D eigenvalue weighted by Gasteiger charge is 2.34. The zero-order valence-corrected chi connectivity index (χ0v) is 11.4. The number of hydrogen-bond donors (Lipinski definition) is 2. The Morgan fingerprint density at radius 3 is 2.61 bits per heavy atom. The van der Waals surface area contributed by atoms with Crippen LogP contribution in [0.5, 0.6) is 0 Å². The molecule has 0 heterocycles. The molecule has 3 unspecified atom stereocenters. The van der Waals surface area contributed by atoms with Crippen LogP contribution in [0, 0.1) is 17.8 Å². The molecule has 3 heteroatoms. The topological polar surface area (TPSA) is 49.3 Å². The van der Waals surface area contributed by atoms with E-state index < -0.39 is 0 Å². The predicted molar refractivity (Wildman–Crippen MR) is 72.1 cm³/mol. The summed E-state index contributed by atoms with van der Waals surface area (Å²) in [5.41, 5.74) is 0. The second-order valence-electron chi connectivity index (χ2n) is 6.04. The fourth-order valence-corrected chi connectivity index (χ4v) is 3.70. The first-order valence-electron chi connectivity index (χ1n) is 7.70. The first kappa shape index (κ1) is 13.9. The molecule has 0 aromatic rings. The van der Waals surface area contributed by atoms with Crippen LogP contribution in [0.25, 0.3) is 0 Å². The first-order valence-corrected chi connectivity index (χ1v) is 7.70. The van der Waals surface area contributed by atoms with Gasteiger partial charge in [0.05, 0.1) is 0 Å². The molecule has 2 N–H and O–H groups in total. The van der Waals surface area contributed by atoms with Crippen LogP contribution in [0.4, 0.5) is 0 Å². The first-order chi connectivity index (χ1) is 8.81. The summed E-state index contributed by atoms with van der Waals surface area (Å²) < 4.78 is 0. The molecule has 3 nitrogen and oxygen atoms in total. The number of aliphatic hydroxyl groups is 1. The molecule has 0 bridgehead atoms. The van der Waals surface area contributed by atoms with E-state index >= 15 is 0 Å². The van der Waals surface area contributed by atoms with E-state index in [1.165, 1.54) is 32.1 Å². The van der Waals surface area contributed by atoms with Crippen molar-refractivity contribution in [2.45, 2.75) is 57.8 Å². The lowest BCUT2D eigenvalue weighted by Gasteiger charge is -2.38. The highest BCUT2D eigenvalue weighted by atomic mass is 16.2. The molecule has 104 valence electrons. The molecule has 0 spiro atoms. The molecule has 2 saturated carbocycles. The quantitative estimate of drug-likeness (QED) is 0.740. The molecule has 0 aliphatic heterocycles. The van der Waals surface area contributed by atoms with E-state index in [4.69, 9.17) is 5.11 Å². The van der Waals surface area contributed by atoms with Crippen molar-refractivity contribution in [3.05, 3.63) is 0 Å². The minimum atomic E-state index is 0.225. The molecule has 2 fully saturated rings. The van der Waals surface area contributed by atoms with E-state index in [9.17, 15) is 4.79 Å². The van der Waals surface area contributed by atoms with Crippen LogP contribution in [0.2, 0.25) is 0 Å². The second-order valence-corrected chi connectivity index (χ2v) is 6.04. The van der Waals surface area contributed by atoms with Crippen molar-refractivity contribution in [1.29, 1.82) is 0 Å². The molecule has 1 amide bonds. The van der Waals surface area contributed by atoms with Gasteiger partial charge in [-0.1, -0.05) is 25.7 Å². The van der Waals surface area contributed by atoms with Crippen molar-refractivity contribution in [2.24, 2.45) is 17.8 Å². The summed E-state index contributed by atoms with van der Waals surface area (Å²) in [7, 11) is 0. The Balaban J connectivity index is 1.71. The number of carbonyl (C=O) groups is 1. The van der Waals surface area contributed by atoms with Gasteiger partial charge < -0.3 is 10.4 Å². The summed E-state index contributed by atoms with van der Waals surface area (Å²) >= 11 is 0. The molecule has 18 heavy (non-hydrogen) atoms. The molecule has 0 aromatic heterocycles. The van der Waals surface area contributed by atoms with Crippen molar-refractivity contribution in [2.75, 3.05) is 13.2 Å². The Morgan fingerprint density at radius 1 is 1.06 bits per heavy atom. The number of carbonyl (C=O) groups excluding carboxylic acids is 1. The molecule has 2 rings (SSSR count). The lowest BCUT2D eigenvalue weighted by Crippen LogP contribution is -2.37. The number of unbranched alkanes of at least 4 members (excludes halogenated alkanes) is 1. The van der Waals surface area contributed by atoms with Gasteiger partial charge in [0, 0.05) is 19.1 Å². The van der Waals surface area contributed by atoms with Crippen LogP contribution in [0.1, 0.15) is 57.8 Å². The Morgan fingerprint density at radius 2 is 1.83 bits per heavy atom. The number of hydrogen-bond acceptors (Lipinski definition) is 2. The molecule has 2 aliphatic rings. The zero-order chi connectivity index (χ0) is 12.8. The van der Waals surface area contributed by atoms with Crippen molar-refractivity contribution >= 4 is 5.91 Å². The SMILES string of the molecule is O=C(NCCCCO)C1CCC2CCCCC2C1. The van der Waals surface area contributed by atoms with Crippen molar-refractivity contribution in [3.8, 4) is 0 Å². The maximum absolute atomic E-state index is 12.1. The fraction of sp³-hybridized carbons (Fsp3) is 0.933. The Labute approximate surface area is 110 Å². The van der Waals surface area contributed by atoms with Crippen LogP contribution in [0.3, 0.4) is 0 Å². The van der Waals surface area contributed by atoms with Crippen LogP contribution >= 0.6 is 0 Å². The lowest BCUT2D eigenvalue weighted by atomic mass is 9.67. The standard InChI is InChI=1S/C15H27NO2/c17-10-4-3-9-16-15(18)14-8-7-12-5-1-2-6-13(12)11-14/h12-14,17H,1-11H2,(H,16,18). The van der Waals surface area contributed by atoms with Gasteiger partial charge in [0.25, 0.3) is 0 Å². The Kier molecular flexibility index (Phi) is 5.48. The van der Waals surface area contributed by atoms with Gasteiger partial charge >= 0.3 is 0 Å². The number of amides is 1. The number of nitrogens with one attached hydrogen (secondary N) is 1. The second kappa shape index (κ2) is 7.13. The third-order valence-corrected chi connectivity index (χ3v) is 4.79. The summed E-state index contributed by atoms with van der Waals surface area (Å²) in [4.78, 5) is 12.1.